The number of aliphatic hydroxyl groups is 1. The van der Waals surface area contributed by atoms with Gasteiger partial charge in [0.2, 0.25) is 0 Å². The first kappa shape index (κ1) is 29.7. The summed E-state index contributed by atoms with van der Waals surface area (Å²) >= 11 is 0. The number of ether oxygens (including phenoxy) is 3. The minimum absolute atomic E-state index is 0.0662. The lowest BCUT2D eigenvalue weighted by atomic mass is 9.57. The molecule has 0 aromatic heterocycles. The summed E-state index contributed by atoms with van der Waals surface area (Å²) in [4.78, 5) is 37.2. The third kappa shape index (κ3) is 7.58. The number of carbonyl (C=O) groups excluding carboxylic acids is 3. The van der Waals surface area contributed by atoms with Gasteiger partial charge >= 0.3 is 17.9 Å². The zero-order valence-electron chi connectivity index (χ0n) is 23.7. The molecule has 0 unspecified atom stereocenters. The van der Waals surface area contributed by atoms with Crippen LogP contribution in [-0.4, -0.2) is 47.9 Å². The van der Waals surface area contributed by atoms with Gasteiger partial charge in [-0.1, -0.05) is 32.4 Å². The topological polar surface area (TPSA) is 99.1 Å². The number of carbonyl (C=O) groups is 3. The van der Waals surface area contributed by atoms with Crippen LogP contribution in [0.5, 0.6) is 0 Å². The highest BCUT2D eigenvalue weighted by molar-refractivity contribution is 5.76. The van der Waals surface area contributed by atoms with Crippen molar-refractivity contribution in [3.63, 3.8) is 0 Å². The van der Waals surface area contributed by atoms with Crippen LogP contribution in [0, 0.1) is 35.0 Å². The van der Waals surface area contributed by atoms with Crippen LogP contribution in [0.2, 0.25) is 0 Å². The molecule has 37 heavy (non-hydrogen) atoms. The van der Waals surface area contributed by atoms with E-state index in [9.17, 15) is 19.5 Å². The number of fused-ring (bicyclic) bond motifs is 1. The van der Waals surface area contributed by atoms with Crippen molar-refractivity contribution in [2.45, 2.75) is 118 Å². The van der Waals surface area contributed by atoms with E-state index in [1.165, 1.54) is 5.57 Å². The Kier molecular flexibility index (Phi) is 10.2. The number of cyclic esters (lactones) is 1. The van der Waals surface area contributed by atoms with E-state index in [-0.39, 0.29) is 60.2 Å². The normalized spacial score (nSPS) is 34.1. The van der Waals surface area contributed by atoms with E-state index in [2.05, 4.69) is 19.9 Å². The molecular formula is C30H48O7. The highest BCUT2D eigenvalue weighted by Gasteiger charge is 2.48. The largest absolute Gasteiger partial charge is 0.466 e. The Morgan fingerprint density at radius 2 is 1.86 bits per heavy atom. The first-order valence-corrected chi connectivity index (χ1v) is 14.4. The van der Waals surface area contributed by atoms with Crippen LogP contribution >= 0.6 is 0 Å². The standard InChI is InChI=1S/C30H48O7/c1-7-30(5,6)29(34)37-25-14-18(3)13-24-20(9-12-26(32)35-8-2)15-19(4)23(28(24)25)11-10-22-16-21(31)17-27(33)36-22/h15,18-19,21-25,28,31H,7-14,16-17H2,1-6H3/t18-,19+,21+,22+,23-,24+,25-,28+/m0/s1. The summed E-state index contributed by atoms with van der Waals surface area (Å²) in [5.74, 6) is 0.615. The molecule has 7 heteroatoms. The van der Waals surface area contributed by atoms with E-state index >= 15 is 0 Å². The lowest BCUT2D eigenvalue weighted by Crippen LogP contribution is -2.48. The summed E-state index contributed by atoms with van der Waals surface area (Å²) < 4.78 is 17.1. The monoisotopic (exact) mass is 520 g/mol. The minimum atomic E-state index is -0.641. The molecule has 0 spiro atoms. The molecule has 0 amide bonds. The second kappa shape index (κ2) is 12.8. The van der Waals surface area contributed by atoms with Gasteiger partial charge in [-0.05, 0) is 83.0 Å². The fourth-order valence-corrected chi connectivity index (χ4v) is 6.60. The summed E-state index contributed by atoms with van der Waals surface area (Å²) in [5.41, 5.74) is 0.740. The van der Waals surface area contributed by atoms with Crippen LogP contribution in [0.1, 0.15) is 99.3 Å². The Morgan fingerprint density at radius 1 is 1.14 bits per heavy atom. The van der Waals surface area contributed by atoms with Crippen LogP contribution in [-0.2, 0) is 28.6 Å². The van der Waals surface area contributed by atoms with E-state index in [0.29, 0.717) is 44.6 Å². The first-order chi connectivity index (χ1) is 17.4. The molecule has 7 nitrogen and oxygen atoms in total. The Hall–Kier alpha value is -1.89. The fourth-order valence-electron chi connectivity index (χ4n) is 6.60. The Labute approximate surface area is 222 Å². The van der Waals surface area contributed by atoms with Gasteiger partial charge in [-0.2, -0.15) is 0 Å². The van der Waals surface area contributed by atoms with Gasteiger partial charge in [-0.25, -0.2) is 0 Å². The lowest BCUT2D eigenvalue weighted by molar-refractivity contribution is -0.171. The van der Waals surface area contributed by atoms with Gasteiger partial charge in [0, 0.05) is 18.8 Å². The average molecular weight is 521 g/mol. The van der Waals surface area contributed by atoms with Crippen molar-refractivity contribution in [3.8, 4) is 0 Å². The smallest absolute Gasteiger partial charge is 0.311 e. The predicted octanol–water partition coefficient (Wildman–Crippen LogP) is 5.38. The molecule has 1 saturated heterocycles. The molecule has 3 rings (SSSR count). The molecule has 8 atom stereocenters. The van der Waals surface area contributed by atoms with Gasteiger partial charge < -0.3 is 19.3 Å². The number of esters is 3. The molecule has 0 bridgehead atoms. The summed E-state index contributed by atoms with van der Waals surface area (Å²) in [6.45, 7) is 12.5. The molecule has 1 N–H and O–H groups in total. The molecule has 2 fully saturated rings. The van der Waals surface area contributed by atoms with Crippen LogP contribution in [0.25, 0.3) is 0 Å². The molecule has 2 aliphatic carbocycles. The zero-order chi connectivity index (χ0) is 27.3. The Morgan fingerprint density at radius 3 is 2.51 bits per heavy atom. The third-order valence-electron chi connectivity index (χ3n) is 8.98. The lowest BCUT2D eigenvalue weighted by Gasteiger charge is -2.50. The van der Waals surface area contributed by atoms with Crippen LogP contribution < -0.4 is 0 Å². The summed E-state index contributed by atoms with van der Waals surface area (Å²) in [6, 6.07) is 0. The molecular weight excluding hydrogens is 472 g/mol. The summed E-state index contributed by atoms with van der Waals surface area (Å²) in [7, 11) is 0. The van der Waals surface area contributed by atoms with Crippen molar-refractivity contribution in [2.24, 2.45) is 35.0 Å². The highest BCUT2D eigenvalue weighted by atomic mass is 16.6. The van der Waals surface area contributed by atoms with Gasteiger partial charge in [-0.15, -0.1) is 0 Å². The molecule has 210 valence electrons. The van der Waals surface area contributed by atoms with Crippen molar-refractivity contribution >= 4 is 17.9 Å². The quantitative estimate of drug-likeness (QED) is 0.235. The summed E-state index contributed by atoms with van der Waals surface area (Å²) in [6.07, 6.45) is 6.85. The van der Waals surface area contributed by atoms with Crippen molar-refractivity contribution < 1.29 is 33.7 Å². The molecule has 0 radical (unpaired) electrons. The number of allylic oxidation sites excluding steroid dienone is 2. The maximum Gasteiger partial charge on any atom is 0.311 e. The maximum absolute atomic E-state index is 13.2. The number of rotatable bonds is 10. The molecule has 1 aliphatic heterocycles. The van der Waals surface area contributed by atoms with Crippen LogP contribution in [0.15, 0.2) is 11.6 Å². The molecule has 0 aromatic rings. The molecule has 3 aliphatic rings. The van der Waals surface area contributed by atoms with Crippen molar-refractivity contribution in [3.05, 3.63) is 11.6 Å². The van der Waals surface area contributed by atoms with E-state index < -0.39 is 11.5 Å². The Bertz CT molecular complexity index is 847. The molecule has 1 heterocycles. The van der Waals surface area contributed by atoms with Crippen LogP contribution in [0.3, 0.4) is 0 Å². The van der Waals surface area contributed by atoms with Crippen LogP contribution in [0.4, 0.5) is 0 Å². The van der Waals surface area contributed by atoms with Gasteiger partial charge in [0.1, 0.15) is 12.2 Å². The van der Waals surface area contributed by atoms with Gasteiger partial charge in [0.05, 0.1) is 24.5 Å². The SMILES string of the molecule is CCOC(=O)CCC1=C[C@@H](C)[C@H](CC[C@@H]2C[C@@H](O)CC(=O)O2)[C@H]2[C@@H](OC(=O)C(C)(C)CC)C[C@@H](C)C[C@H]12. The van der Waals surface area contributed by atoms with Crippen molar-refractivity contribution in [2.75, 3.05) is 6.61 Å². The first-order valence-electron chi connectivity index (χ1n) is 14.4. The van der Waals surface area contributed by atoms with Crippen molar-refractivity contribution in [1.82, 2.24) is 0 Å². The van der Waals surface area contributed by atoms with Gasteiger partial charge in [0.15, 0.2) is 0 Å². The number of hydrogen-bond acceptors (Lipinski definition) is 7. The second-order valence-electron chi connectivity index (χ2n) is 12.3. The van der Waals surface area contributed by atoms with Crippen molar-refractivity contribution in [1.29, 1.82) is 0 Å². The number of aliphatic hydroxyl groups excluding tert-OH is 1. The Balaban J connectivity index is 1.85. The average Bonchev–Trinajstić information content (AvgIpc) is 2.81. The third-order valence-corrected chi connectivity index (χ3v) is 8.98. The predicted molar refractivity (Wildman–Crippen MR) is 140 cm³/mol. The molecule has 0 aromatic carbocycles. The fraction of sp³-hybridized carbons (Fsp3) is 0.833. The van der Waals surface area contributed by atoms with E-state index in [4.69, 9.17) is 14.2 Å². The second-order valence-corrected chi connectivity index (χ2v) is 12.3. The maximum atomic E-state index is 13.2. The highest BCUT2D eigenvalue weighted by Crippen LogP contribution is 2.51. The molecule has 1 saturated carbocycles. The summed E-state index contributed by atoms with van der Waals surface area (Å²) in [5, 5.41) is 10.1. The minimum Gasteiger partial charge on any atom is -0.466 e. The van der Waals surface area contributed by atoms with E-state index in [1.807, 2.05) is 27.7 Å². The zero-order valence-corrected chi connectivity index (χ0v) is 23.7. The van der Waals surface area contributed by atoms with E-state index in [0.717, 1.165) is 19.3 Å². The number of hydrogen-bond donors (Lipinski definition) is 1. The van der Waals surface area contributed by atoms with Gasteiger partial charge in [0.25, 0.3) is 0 Å². The van der Waals surface area contributed by atoms with Gasteiger partial charge in [-0.3, -0.25) is 14.4 Å². The van der Waals surface area contributed by atoms with E-state index in [1.54, 1.807) is 0 Å².